The minimum absolute atomic E-state index is 0.163. The number of aliphatic imine (C=N–C) groups is 1. The van der Waals surface area contributed by atoms with Gasteiger partial charge in [-0.05, 0) is 26.6 Å². The van der Waals surface area contributed by atoms with E-state index in [1.54, 1.807) is 0 Å². The van der Waals surface area contributed by atoms with Crippen LogP contribution in [0.1, 0.15) is 31.7 Å². The summed E-state index contributed by atoms with van der Waals surface area (Å²) in [4.78, 5) is 24.5. The molecule has 1 aromatic rings. The smallest absolute Gasteiger partial charge is 0.313 e. The minimum atomic E-state index is -0.401. The highest BCUT2D eigenvalue weighted by Crippen LogP contribution is 2.16. The fraction of sp³-hybridized carbons (Fsp3) is 0.526. The molecule has 1 fully saturated rings. The lowest BCUT2D eigenvalue weighted by atomic mass is 10.0. The third-order valence-corrected chi connectivity index (χ3v) is 3.29. The van der Waals surface area contributed by atoms with Crippen molar-refractivity contribution in [1.82, 2.24) is 5.32 Å². The zero-order valence-corrected chi connectivity index (χ0v) is 16.5. The Bertz CT molecular complexity index is 546. The Kier molecular flexibility index (Phi) is 14.6. The van der Waals surface area contributed by atoms with E-state index in [1.807, 2.05) is 58.3 Å². The van der Waals surface area contributed by atoms with Gasteiger partial charge < -0.3 is 25.3 Å². The molecule has 1 saturated heterocycles. The highest BCUT2D eigenvalue weighted by atomic mass is 16.7. The van der Waals surface area contributed by atoms with Crippen molar-refractivity contribution < 1.29 is 23.8 Å². The molecule has 1 unspecified atom stereocenters. The van der Waals surface area contributed by atoms with Gasteiger partial charge in [-0.25, -0.2) is 4.99 Å². The Morgan fingerprint density at radius 1 is 1.33 bits per heavy atom. The van der Waals surface area contributed by atoms with E-state index in [4.69, 9.17) is 19.9 Å². The average Bonchev–Trinajstić information content (AvgIpc) is 3.21. The van der Waals surface area contributed by atoms with Gasteiger partial charge in [0.1, 0.15) is 12.4 Å². The lowest BCUT2D eigenvalue weighted by molar-refractivity contribution is -0.157. The van der Waals surface area contributed by atoms with Crippen LogP contribution in [0.3, 0.4) is 0 Å². The molecule has 1 heterocycles. The first-order valence-corrected chi connectivity index (χ1v) is 8.79. The van der Waals surface area contributed by atoms with Crippen molar-refractivity contribution >= 4 is 18.2 Å². The number of carbonyl (C=O) groups excluding carboxylic acids is 2. The number of amides is 1. The molecule has 1 aliphatic heterocycles. The molecule has 0 spiro atoms. The van der Waals surface area contributed by atoms with Crippen LogP contribution in [-0.2, 0) is 23.8 Å². The second-order valence-electron chi connectivity index (χ2n) is 5.51. The molecule has 1 aliphatic rings. The van der Waals surface area contributed by atoms with Crippen molar-refractivity contribution in [3.8, 4) is 0 Å². The van der Waals surface area contributed by atoms with Gasteiger partial charge in [-0.15, -0.1) is 0 Å². The Hall–Kier alpha value is -2.29. The second kappa shape index (κ2) is 15.9. The third kappa shape index (κ3) is 11.8. The van der Waals surface area contributed by atoms with Gasteiger partial charge >= 0.3 is 5.97 Å². The summed E-state index contributed by atoms with van der Waals surface area (Å²) < 4.78 is 15.5. The Labute approximate surface area is 161 Å². The third-order valence-electron chi connectivity index (χ3n) is 3.29. The molecule has 0 aliphatic carbocycles. The highest BCUT2D eigenvalue weighted by Gasteiger charge is 2.21. The van der Waals surface area contributed by atoms with Crippen molar-refractivity contribution in [3.63, 3.8) is 0 Å². The van der Waals surface area contributed by atoms with Crippen LogP contribution in [-0.4, -0.2) is 58.4 Å². The first-order valence-electron chi connectivity index (χ1n) is 8.79. The molecular weight excluding hydrogens is 350 g/mol. The molecule has 152 valence electrons. The number of rotatable bonds is 6. The largest absolute Gasteiger partial charge is 0.460 e. The standard InChI is InChI=1S/C13H16O4.C4H8N2O.C2H7N/c1-10(11-5-3-2-4-6-11)13(14)17-9-12-15-7-8-16-12;1-2-4(5)6-3-7;1-3-2/h2-6,10,12H,7-9H2,1H3;3H,2H2,1H3,(H2,5,6,7);3H,1-2H3. The highest BCUT2D eigenvalue weighted by molar-refractivity contribution is 5.85. The van der Waals surface area contributed by atoms with Gasteiger partial charge in [-0.1, -0.05) is 37.3 Å². The maximum absolute atomic E-state index is 11.8. The molecular formula is C19H31N3O5. The predicted molar refractivity (Wildman–Crippen MR) is 104 cm³/mol. The van der Waals surface area contributed by atoms with E-state index in [-0.39, 0.29) is 18.5 Å². The van der Waals surface area contributed by atoms with E-state index in [9.17, 15) is 9.59 Å². The first kappa shape index (κ1) is 24.7. The van der Waals surface area contributed by atoms with Crippen LogP contribution in [0.25, 0.3) is 0 Å². The molecule has 1 amide bonds. The summed E-state index contributed by atoms with van der Waals surface area (Å²) >= 11 is 0. The van der Waals surface area contributed by atoms with Crippen LogP contribution >= 0.6 is 0 Å². The predicted octanol–water partition coefficient (Wildman–Crippen LogP) is 1.45. The van der Waals surface area contributed by atoms with Crippen LogP contribution in [0, 0.1) is 0 Å². The van der Waals surface area contributed by atoms with E-state index in [0.717, 1.165) is 5.56 Å². The van der Waals surface area contributed by atoms with Crippen molar-refractivity contribution in [2.45, 2.75) is 32.5 Å². The number of hydrogen-bond acceptors (Lipinski definition) is 6. The summed E-state index contributed by atoms with van der Waals surface area (Å²) in [5.41, 5.74) is 6.05. The maximum atomic E-state index is 11.8. The molecule has 8 nitrogen and oxygen atoms in total. The van der Waals surface area contributed by atoms with Gasteiger partial charge in [0.25, 0.3) is 0 Å². The molecule has 1 atom stereocenters. The Balaban J connectivity index is 0.000000568. The summed E-state index contributed by atoms with van der Waals surface area (Å²) in [5, 5.41) is 2.75. The van der Waals surface area contributed by atoms with Crippen molar-refractivity contribution in [3.05, 3.63) is 35.9 Å². The topological polar surface area (TPSA) is 112 Å². The van der Waals surface area contributed by atoms with Gasteiger partial charge in [-0.2, -0.15) is 0 Å². The quantitative estimate of drug-likeness (QED) is 0.332. The number of nitrogens with two attached hydrogens (primary N) is 1. The average molecular weight is 381 g/mol. The van der Waals surface area contributed by atoms with E-state index >= 15 is 0 Å². The number of hydrogen-bond donors (Lipinski definition) is 2. The molecule has 3 N–H and O–H groups in total. The number of amidine groups is 1. The zero-order valence-electron chi connectivity index (χ0n) is 16.5. The lowest BCUT2D eigenvalue weighted by Gasteiger charge is -2.14. The fourth-order valence-corrected chi connectivity index (χ4v) is 1.82. The van der Waals surface area contributed by atoms with E-state index in [2.05, 4.69) is 10.3 Å². The van der Waals surface area contributed by atoms with Crippen LogP contribution in [0.15, 0.2) is 35.3 Å². The Morgan fingerprint density at radius 2 is 1.89 bits per heavy atom. The molecule has 2 rings (SSSR count). The lowest BCUT2D eigenvalue weighted by Crippen LogP contribution is -2.22. The minimum Gasteiger partial charge on any atom is -0.460 e. The molecule has 0 bridgehead atoms. The van der Waals surface area contributed by atoms with Crippen LogP contribution in [0.2, 0.25) is 0 Å². The molecule has 1 aromatic carbocycles. The first-order chi connectivity index (χ1) is 13.0. The van der Waals surface area contributed by atoms with E-state index in [1.165, 1.54) is 0 Å². The number of nitrogens with one attached hydrogen (secondary N) is 1. The SMILES string of the molecule is CC(C(=O)OCC1OCCO1)c1ccccc1.CCC(N)=NC=O.CNC. The molecule has 27 heavy (non-hydrogen) atoms. The Morgan fingerprint density at radius 3 is 2.33 bits per heavy atom. The van der Waals surface area contributed by atoms with Gasteiger partial charge in [0.2, 0.25) is 6.41 Å². The van der Waals surface area contributed by atoms with Gasteiger partial charge in [0.05, 0.1) is 19.1 Å². The van der Waals surface area contributed by atoms with E-state index in [0.29, 0.717) is 31.9 Å². The van der Waals surface area contributed by atoms with Crippen molar-refractivity contribution in [1.29, 1.82) is 0 Å². The van der Waals surface area contributed by atoms with Gasteiger partial charge in [-0.3, -0.25) is 9.59 Å². The van der Waals surface area contributed by atoms with Crippen molar-refractivity contribution in [2.24, 2.45) is 10.7 Å². The summed E-state index contributed by atoms with van der Waals surface area (Å²) in [6.07, 6.45) is 0.680. The number of esters is 1. The van der Waals surface area contributed by atoms with Gasteiger partial charge in [0.15, 0.2) is 6.29 Å². The molecule has 0 radical (unpaired) electrons. The maximum Gasteiger partial charge on any atom is 0.313 e. The summed E-state index contributed by atoms with van der Waals surface area (Å²) in [6.45, 7) is 4.96. The summed E-state index contributed by atoms with van der Waals surface area (Å²) in [7, 11) is 3.75. The molecule has 0 saturated carbocycles. The monoisotopic (exact) mass is 381 g/mol. The number of ether oxygens (including phenoxy) is 3. The molecule has 0 aromatic heterocycles. The second-order valence-corrected chi connectivity index (χ2v) is 5.51. The normalized spacial score (nSPS) is 14.9. The fourth-order valence-electron chi connectivity index (χ4n) is 1.82. The van der Waals surface area contributed by atoms with E-state index < -0.39 is 6.29 Å². The summed E-state index contributed by atoms with van der Waals surface area (Å²) in [6, 6.07) is 9.55. The van der Waals surface area contributed by atoms with Crippen LogP contribution < -0.4 is 11.1 Å². The van der Waals surface area contributed by atoms with Crippen LogP contribution in [0.4, 0.5) is 0 Å². The van der Waals surface area contributed by atoms with Crippen LogP contribution in [0.5, 0.6) is 0 Å². The molecule has 8 heteroatoms. The number of benzene rings is 1. The summed E-state index contributed by atoms with van der Waals surface area (Å²) in [5.74, 6) is -0.136. The zero-order chi connectivity index (χ0) is 20.5. The number of carbonyl (C=O) groups is 2. The van der Waals surface area contributed by atoms with Gasteiger partial charge in [0, 0.05) is 6.42 Å². The van der Waals surface area contributed by atoms with Crippen molar-refractivity contribution in [2.75, 3.05) is 33.9 Å². The number of nitrogens with zero attached hydrogens (tertiary/aromatic N) is 1.